The van der Waals surface area contributed by atoms with E-state index in [0.717, 1.165) is 12.8 Å². The summed E-state index contributed by atoms with van der Waals surface area (Å²) in [5.41, 5.74) is 0.526. The molecule has 3 unspecified atom stereocenters. The summed E-state index contributed by atoms with van der Waals surface area (Å²) in [4.78, 5) is 0. The summed E-state index contributed by atoms with van der Waals surface area (Å²) in [6, 6.07) is 0. The van der Waals surface area contributed by atoms with Crippen LogP contribution in [-0.2, 0) is 9.47 Å². The minimum Gasteiger partial charge on any atom is -0.390 e. The van der Waals surface area contributed by atoms with E-state index < -0.39 is 17.8 Å². The molecule has 5 rings (SSSR count). The molecule has 0 aromatic rings. The lowest BCUT2D eigenvalue weighted by molar-refractivity contribution is -0.297. The lowest BCUT2D eigenvalue weighted by Crippen LogP contribution is -2.75. The summed E-state index contributed by atoms with van der Waals surface area (Å²) in [5, 5.41) is 22.8. The fourth-order valence-electron chi connectivity index (χ4n) is 8.64. The molecule has 2 aliphatic heterocycles. The maximum atomic E-state index is 11.5. The average Bonchev–Trinajstić information content (AvgIpc) is 2.86. The van der Waals surface area contributed by atoms with Crippen LogP contribution in [0.15, 0.2) is 11.6 Å². The highest BCUT2D eigenvalue weighted by molar-refractivity contribution is 5.30. The van der Waals surface area contributed by atoms with Crippen LogP contribution in [0.1, 0.15) is 54.4 Å². The van der Waals surface area contributed by atoms with E-state index in [1.807, 2.05) is 6.92 Å². The smallest absolute Gasteiger partial charge is 0.109 e. The van der Waals surface area contributed by atoms with Gasteiger partial charge in [0.1, 0.15) is 6.10 Å². The van der Waals surface area contributed by atoms with Crippen LogP contribution in [-0.4, -0.2) is 46.8 Å². The van der Waals surface area contributed by atoms with Crippen LogP contribution in [0.2, 0.25) is 0 Å². The summed E-state index contributed by atoms with van der Waals surface area (Å²) in [7, 11) is 0. The first-order valence-electron chi connectivity index (χ1n) is 10.9. The van der Waals surface area contributed by atoms with Gasteiger partial charge in [-0.25, -0.2) is 0 Å². The second-order valence-corrected chi connectivity index (χ2v) is 10.9. The molecular formula is C23H36O4. The number of hydrogen-bond acceptors (Lipinski definition) is 4. The lowest BCUT2D eigenvalue weighted by atomic mass is 9.36. The largest absolute Gasteiger partial charge is 0.390 e. The molecule has 27 heavy (non-hydrogen) atoms. The van der Waals surface area contributed by atoms with Gasteiger partial charge >= 0.3 is 0 Å². The van der Waals surface area contributed by atoms with Crippen LogP contribution in [0.25, 0.3) is 0 Å². The Morgan fingerprint density at radius 3 is 2.52 bits per heavy atom. The second-order valence-electron chi connectivity index (χ2n) is 10.9. The molecule has 3 aliphatic carbocycles. The van der Waals surface area contributed by atoms with Crippen molar-refractivity contribution >= 4 is 0 Å². The Labute approximate surface area is 163 Å². The number of ether oxygens (including phenoxy) is 2. The summed E-state index contributed by atoms with van der Waals surface area (Å²) in [6.07, 6.45) is 3.02. The molecule has 2 saturated carbocycles. The van der Waals surface area contributed by atoms with Gasteiger partial charge in [-0.2, -0.15) is 0 Å². The van der Waals surface area contributed by atoms with Crippen LogP contribution in [0.5, 0.6) is 0 Å². The summed E-state index contributed by atoms with van der Waals surface area (Å²) >= 11 is 0. The summed E-state index contributed by atoms with van der Waals surface area (Å²) < 4.78 is 13.0. The monoisotopic (exact) mass is 376 g/mol. The number of aliphatic hydroxyl groups is 2. The van der Waals surface area contributed by atoms with E-state index in [0.29, 0.717) is 24.4 Å². The van der Waals surface area contributed by atoms with Gasteiger partial charge in [0.05, 0.1) is 30.5 Å². The van der Waals surface area contributed by atoms with Crippen molar-refractivity contribution in [1.82, 2.24) is 0 Å². The number of rotatable bonds is 0. The Hall–Kier alpha value is -0.420. The Bertz CT molecular complexity index is 690. The van der Waals surface area contributed by atoms with Crippen molar-refractivity contribution in [2.75, 3.05) is 6.61 Å². The highest BCUT2D eigenvalue weighted by Gasteiger charge is 2.78. The van der Waals surface area contributed by atoms with Gasteiger partial charge in [-0.1, -0.05) is 32.4 Å². The molecule has 4 heteroatoms. The van der Waals surface area contributed by atoms with Crippen LogP contribution in [0, 0.1) is 40.4 Å². The topological polar surface area (TPSA) is 58.9 Å². The predicted octanol–water partition coefficient (Wildman–Crippen LogP) is 3.17. The van der Waals surface area contributed by atoms with Gasteiger partial charge in [0.25, 0.3) is 0 Å². The Morgan fingerprint density at radius 1 is 1.11 bits per heavy atom. The van der Waals surface area contributed by atoms with Crippen LogP contribution in [0.3, 0.4) is 0 Å². The van der Waals surface area contributed by atoms with E-state index in [4.69, 9.17) is 9.47 Å². The highest BCUT2D eigenvalue weighted by Crippen LogP contribution is 2.73. The highest BCUT2D eigenvalue weighted by atomic mass is 16.5. The van der Waals surface area contributed by atoms with Gasteiger partial charge in [-0.05, 0) is 56.8 Å². The molecule has 2 heterocycles. The number of aliphatic hydroxyl groups excluding tert-OH is 2. The van der Waals surface area contributed by atoms with E-state index in [1.165, 1.54) is 5.57 Å². The standard InChI is InChI=1S/C23H36O4/c1-11-7-12(2)15-9-17-23-10-26-22(6,16(23)8-13(3)27-17)20(25)18(24)19(23)21(15,5)14(11)4/h7,11,13-20,24-25H,8-10H2,1-6H3/t11?,13?,14?,15-,16+,17-,18-,19+,20-,21+,22-,23-/m1/s1. The quantitative estimate of drug-likeness (QED) is 0.638. The molecule has 0 aromatic carbocycles. The molecule has 0 aromatic heterocycles. The first-order valence-corrected chi connectivity index (χ1v) is 10.9. The molecule has 12 atom stereocenters. The van der Waals surface area contributed by atoms with E-state index in [9.17, 15) is 10.2 Å². The molecule has 152 valence electrons. The maximum Gasteiger partial charge on any atom is 0.109 e. The molecule has 2 N–H and O–H groups in total. The first-order chi connectivity index (χ1) is 12.6. The summed E-state index contributed by atoms with van der Waals surface area (Å²) in [5.74, 6) is 1.55. The number of fused-ring (bicyclic) bond motifs is 2. The van der Waals surface area contributed by atoms with Crippen LogP contribution in [0.4, 0.5) is 0 Å². The molecule has 4 nitrogen and oxygen atoms in total. The Balaban J connectivity index is 1.74. The zero-order valence-corrected chi connectivity index (χ0v) is 17.6. The maximum absolute atomic E-state index is 11.5. The average molecular weight is 377 g/mol. The third-order valence-corrected chi connectivity index (χ3v) is 10.1. The van der Waals surface area contributed by atoms with Crippen molar-refractivity contribution in [3.63, 3.8) is 0 Å². The molecule has 1 spiro atoms. The van der Waals surface area contributed by atoms with E-state index in [-0.39, 0.29) is 34.9 Å². The third-order valence-electron chi connectivity index (χ3n) is 10.1. The molecule has 0 radical (unpaired) electrons. The van der Waals surface area contributed by atoms with Crippen molar-refractivity contribution < 1.29 is 19.7 Å². The predicted molar refractivity (Wildman–Crippen MR) is 103 cm³/mol. The van der Waals surface area contributed by atoms with Crippen molar-refractivity contribution in [3.8, 4) is 0 Å². The molecular weight excluding hydrogens is 340 g/mol. The number of allylic oxidation sites excluding steroid dienone is 2. The van der Waals surface area contributed by atoms with Crippen LogP contribution >= 0.6 is 0 Å². The zero-order valence-electron chi connectivity index (χ0n) is 17.6. The van der Waals surface area contributed by atoms with Crippen molar-refractivity contribution in [1.29, 1.82) is 0 Å². The van der Waals surface area contributed by atoms with Gasteiger partial charge in [0.15, 0.2) is 0 Å². The van der Waals surface area contributed by atoms with Gasteiger partial charge in [0.2, 0.25) is 0 Å². The normalized spacial score (nSPS) is 64.6. The fraction of sp³-hybridized carbons (Fsp3) is 0.913. The van der Waals surface area contributed by atoms with Crippen molar-refractivity contribution in [2.45, 2.75) is 84.4 Å². The third kappa shape index (κ3) is 1.90. The minimum atomic E-state index is -0.835. The van der Waals surface area contributed by atoms with Crippen molar-refractivity contribution in [2.24, 2.45) is 40.4 Å². The van der Waals surface area contributed by atoms with E-state index in [1.54, 1.807) is 0 Å². The summed E-state index contributed by atoms with van der Waals surface area (Å²) in [6.45, 7) is 14.1. The Kier molecular flexibility index (Phi) is 3.71. The lowest BCUT2D eigenvalue weighted by Gasteiger charge is -2.70. The minimum absolute atomic E-state index is 0.00192. The molecule has 2 saturated heterocycles. The SMILES string of the molecule is CC1=CC(C)C(C)[C@@]2(C)[C@@H]1C[C@H]1OC(C)C[C@H]3[C@@]4(C)OC[C@]13[C@H]2[C@@H](O)[C@H]4O. The van der Waals surface area contributed by atoms with Gasteiger partial charge < -0.3 is 19.7 Å². The first kappa shape index (κ1) is 18.6. The number of hydrogen-bond donors (Lipinski definition) is 2. The van der Waals surface area contributed by atoms with Gasteiger partial charge in [0, 0.05) is 17.3 Å². The zero-order chi connectivity index (χ0) is 19.5. The molecule has 0 amide bonds. The van der Waals surface area contributed by atoms with Crippen LogP contribution < -0.4 is 0 Å². The molecule has 5 aliphatic rings. The Morgan fingerprint density at radius 2 is 1.81 bits per heavy atom. The molecule has 4 fully saturated rings. The fourth-order valence-corrected chi connectivity index (χ4v) is 8.64. The van der Waals surface area contributed by atoms with E-state index >= 15 is 0 Å². The van der Waals surface area contributed by atoms with E-state index in [2.05, 4.69) is 40.7 Å². The van der Waals surface area contributed by atoms with Crippen molar-refractivity contribution in [3.05, 3.63) is 11.6 Å². The van der Waals surface area contributed by atoms with Gasteiger partial charge in [-0.15, -0.1) is 0 Å². The second kappa shape index (κ2) is 5.38. The van der Waals surface area contributed by atoms with Gasteiger partial charge in [-0.3, -0.25) is 0 Å². The molecule has 2 bridgehead atoms.